The van der Waals surface area contributed by atoms with E-state index >= 15 is 0 Å². The minimum Gasteiger partial charge on any atom is -0.618 e. The molecule has 0 radical (unpaired) electrons. The maximum absolute atomic E-state index is 11.6. The maximum Gasteiger partial charge on any atom is 0.317 e. The third kappa shape index (κ3) is 3.71. The fourth-order valence-corrected chi connectivity index (χ4v) is 1.37. The summed E-state index contributed by atoms with van der Waals surface area (Å²) in [4.78, 5) is 11.6. The van der Waals surface area contributed by atoms with E-state index in [0.717, 1.165) is 6.42 Å². The standard InChI is InChI=1S/C12H18N2O3/c1-3-9(2)11(15)8-13-12(16)10-6-4-5-7-14(10)17/h4-7,9,11,15H,3,8H2,1-2H3,(H,13,16). The Morgan fingerprint density at radius 1 is 1.59 bits per heavy atom. The highest BCUT2D eigenvalue weighted by Crippen LogP contribution is 2.06. The first-order valence-corrected chi connectivity index (χ1v) is 5.70. The molecule has 0 bridgehead atoms. The lowest BCUT2D eigenvalue weighted by Crippen LogP contribution is -2.42. The first-order valence-electron chi connectivity index (χ1n) is 5.70. The third-order valence-corrected chi connectivity index (χ3v) is 2.83. The van der Waals surface area contributed by atoms with Gasteiger partial charge in [-0.2, -0.15) is 4.73 Å². The second kappa shape index (κ2) is 6.20. The molecule has 1 aromatic rings. The summed E-state index contributed by atoms with van der Waals surface area (Å²) in [5, 5.41) is 23.5. The summed E-state index contributed by atoms with van der Waals surface area (Å²) in [6.45, 7) is 4.04. The first-order chi connectivity index (χ1) is 8.06. The van der Waals surface area contributed by atoms with Gasteiger partial charge in [-0.05, 0) is 12.0 Å². The topological polar surface area (TPSA) is 76.3 Å². The second-order valence-corrected chi connectivity index (χ2v) is 4.07. The molecule has 2 N–H and O–H groups in total. The Kier molecular flexibility index (Phi) is 4.90. The molecule has 0 saturated heterocycles. The highest BCUT2D eigenvalue weighted by molar-refractivity contribution is 5.90. The summed E-state index contributed by atoms with van der Waals surface area (Å²) in [5.41, 5.74) is 0.0313. The molecular formula is C12H18N2O3. The van der Waals surface area contributed by atoms with Gasteiger partial charge >= 0.3 is 5.91 Å². The number of carbonyl (C=O) groups excluding carboxylic acids is 1. The van der Waals surface area contributed by atoms with Gasteiger partial charge in [-0.25, -0.2) is 0 Å². The van der Waals surface area contributed by atoms with Crippen molar-refractivity contribution in [2.75, 3.05) is 6.54 Å². The Labute approximate surface area is 101 Å². The van der Waals surface area contributed by atoms with Gasteiger partial charge in [0.25, 0.3) is 5.69 Å². The molecule has 2 atom stereocenters. The molecule has 17 heavy (non-hydrogen) atoms. The maximum atomic E-state index is 11.6. The number of pyridine rings is 1. The quantitative estimate of drug-likeness (QED) is 0.578. The number of aliphatic hydroxyl groups excluding tert-OH is 1. The number of rotatable bonds is 5. The van der Waals surface area contributed by atoms with Crippen molar-refractivity contribution in [1.82, 2.24) is 5.32 Å². The van der Waals surface area contributed by atoms with Crippen LogP contribution in [0.5, 0.6) is 0 Å². The highest BCUT2D eigenvalue weighted by Gasteiger charge is 2.18. The molecule has 0 aliphatic rings. The lowest BCUT2D eigenvalue weighted by atomic mass is 10.0. The zero-order chi connectivity index (χ0) is 12.8. The van der Waals surface area contributed by atoms with Crippen LogP contribution < -0.4 is 10.0 Å². The van der Waals surface area contributed by atoms with Crippen LogP contribution >= 0.6 is 0 Å². The molecule has 0 aromatic carbocycles. The molecule has 0 fully saturated rings. The van der Waals surface area contributed by atoms with Crippen LogP contribution in [0, 0.1) is 11.1 Å². The van der Waals surface area contributed by atoms with Gasteiger partial charge in [0.2, 0.25) is 0 Å². The fraction of sp³-hybridized carbons (Fsp3) is 0.500. The number of hydrogen-bond donors (Lipinski definition) is 2. The number of nitrogens with zero attached hydrogens (tertiary/aromatic N) is 1. The molecule has 1 rings (SSSR count). The summed E-state index contributed by atoms with van der Waals surface area (Å²) in [6, 6.07) is 4.62. The van der Waals surface area contributed by atoms with Gasteiger partial charge < -0.3 is 15.6 Å². The van der Waals surface area contributed by atoms with Crippen molar-refractivity contribution in [1.29, 1.82) is 0 Å². The van der Waals surface area contributed by atoms with E-state index in [1.54, 1.807) is 12.1 Å². The van der Waals surface area contributed by atoms with Crippen LogP contribution in [0.15, 0.2) is 24.4 Å². The van der Waals surface area contributed by atoms with Crippen molar-refractivity contribution >= 4 is 5.91 Å². The number of aromatic nitrogens is 1. The predicted molar refractivity (Wildman–Crippen MR) is 63.2 cm³/mol. The number of amides is 1. The molecule has 5 nitrogen and oxygen atoms in total. The largest absolute Gasteiger partial charge is 0.618 e. The molecule has 5 heteroatoms. The van der Waals surface area contributed by atoms with Crippen molar-refractivity contribution in [2.24, 2.45) is 5.92 Å². The molecule has 1 heterocycles. The van der Waals surface area contributed by atoms with Gasteiger partial charge in [0.1, 0.15) is 0 Å². The van der Waals surface area contributed by atoms with Crippen LogP contribution in [0.3, 0.4) is 0 Å². The van der Waals surface area contributed by atoms with Gasteiger partial charge in [-0.15, -0.1) is 0 Å². The lowest BCUT2D eigenvalue weighted by Gasteiger charge is -2.17. The molecule has 0 aliphatic heterocycles. The summed E-state index contributed by atoms with van der Waals surface area (Å²) in [5.74, 6) is -0.353. The molecule has 1 amide bonds. The van der Waals surface area contributed by atoms with Crippen molar-refractivity contribution in [3.8, 4) is 0 Å². The minimum atomic E-state index is -0.590. The Balaban J connectivity index is 2.54. The number of aliphatic hydroxyl groups is 1. The Morgan fingerprint density at radius 3 is 2.88 bits per heavy atom. The monoisotopic (exact) mass is 238 g/mol. The van der Waals surface area contributed by atoms with Gasteiger partial charge in [-0.3, -0.25) is 4.79 Å². The second-order valence-electron chi connectivity index (χ2n) is 4.07. The number of nitrogens with one attached hydrogen (secondary N) is 1. The van der Waals surface area contributed by atoms with E-state index in [4.69, 9.17) is 0 Å². The molecule has 94 valence electrons. The van der Waals surface area contributed by atoms with Crippen LogP contribution in [0.2, 0.25) is 0 Å². The third-order valence-electron chi connectivity index (χ3n) is 2.83. The van der Waals surface area contributed by atoms with Crippen LogP contribution in [-0.4, -0.2) is 23.7 Å². The Bertz CT molecular complexity index is 382. The van der Waals surface area contributed by atoms with Gasteiger partial charge in [0, 0.05) is 18.7 Å². The van der Waals surface area contributed by atoms with E-state index in [0.29, 0.717) is 4.73 Å². The molecule has 0 saturated carbocycles. The van der Waals surface area contributed by atoms with Crippen LogP contribution in [0.1, 0.15) is 30.8 Å². The van der Waals surface area contributed by atoms with Crippen molar-refractivity contribution in [2.45, 2.75) is 26.4 Å². The van der Waals surface area contributed by atoms with E-state index in [-0.39, 0.29) is 18.2 Å². The number of hydrogen-bond acceptors (Lipinski definition) is 3. The smallest absolute Gasteiger partial charge is 0.317 e. The lowest BCUT2D eigenvalue weighted by molar-refractivity contribution is -0.607. The Morgan fingerprint density at radius 2 is 2.29 bits per heavy atom. The van der Waals surface area contributed by atoms with Crippen molar-refractivity contribution < 1.29 is 14.6 Å². The average Bonchev–Trinajstić information content (AvgIpc) is 2.35. The minimum absolute atomic E-state index is 0.0313. The van der Waals surface area contributed by atoms with Crippen molar-refractivity contribution in [3.63, 3.8) is 0 Å². The van der Waals surface area contributed by atoms with Crippen LogP contribution in [0.4, 0.5) is 0 Å². The van der Waals surface area contributed by atoms with Crippen molar-refractivity contribution in [3.05, 3.63) is 35.3 Å². The van der Waals surface area contributed by atoms with E-state index < -0.39 is 12.0 Å². The first kappa shape index (κ1) is 13.4. The van der Waals surface area contributed by atoms with Gasteiger partial charge in [0.15, 0.2) is 6.20 Å². The zero-order valence-electron chi connectivity index (χ0n) is 10.1. The summed E-state index contributed by atoms with van der Waals surface area (Å²) >= 11 is 0. The summed E-state index contributed by atoms with van der Waals surface area (Å²) < 4.78 is 0.505. The average molecular weight is 238 g/mol. The predicted octanol–water partition coefficient (Wildman–Crippen LogP) is 0.457. The summed E-state index contributed by atoms with van der Waals surface area (Å²) in [7, 11) is 0. The molecular weight excluding hydrogens is 220 g/mol. The van der Waals surface area contributed by atoms with Gasteiger partial charge in [-0.1, -0.05) is 20.3 Å². The number of carbonyl (C=O) groups is 1. The van der Waals surface area contributed by atoms with E-state index in [2.05, 4.69) is 5.32 Å². The normalized spacial score (nSPS) is 14.1. The highest BCUT2D eigenvalue weighted by atomic mass is 16.5. The molecule has 0 spiro atoms. The summed E-state index contributed by atoms with van der Waals surface area (Å²) in [6.07, 6.45) is 1.51. The van der Waals surface area contributed by atoms with E-state index in [1.807, 2.05) is 13.8 Å². The zero-order valence-corrected chi connectivity index (χ0v) is 10.1. The van der Waals surface area contributed by atoms with Crippen LogP contribution in [0.25, 0.3) is 0 Å². The molecule has 0 aliphatic carbocycles. The van der Waals surface area contributed by atoms with Gasteiger partial charge in [0.05, 0.1) is 6.10 Å². The van der Waals surface area contributed by atoms with Crippen LogP contribution in [-0.2, 0) is 0 Å². The molecule has 2 unspecified atom stereocenters. The van der Waals surface area contributed by atoms with E-state index in [1.165, 1.54) is 12.3 Å². The molecule has 1 aromatic heterocycles. The van der Waals surface area contributed by atoms with E-state index in [9.17, 15) is 15.1 Å². The Hall–Kier alpha value is -1.62. The SMILES string of the molecule is CCC(C)C(O)CNC(=O)c1cccc[n+]1[O-]. The fourth-order valence-electron chi connectivity index (χ4n) is 1.37.